The third kappa shape index (κ3) is 5.40. The second kappa shape index (κ2) is 9.32. The molecular weight excluding hydrogens is 442 g/mol. The minimum Gasteiger partial charge on any atom is -0.352 e. The smallest absolute Gasteiger partial charge is 0.352 e. The van der Waals surface area contributed by atoms with Crippen molar-refractivity contribution in [3.8, 4) is 0 Å². The van der Waals surface area contributed by atoms with Gasteiger partial charge in [-0.15, -0.1) is 10.2 Å². The summed E-state index contributed by atoms with van der Waals surface area (Å²) < 4.78 is 53.6. The zero-order chi connectivity index (χ0) is 23.6. The van der Waals surface area contributed by atoms with Gasteiger partial charge in [0.05, 0.1) is 5.56 Å². The molecule has 1 saturated heterocycles. The van der Waals surface area contributed by atoms with Gasteiger partial charge in [-0.3, -0.25) is 9.59 Å². The topological polar surface area (TPSA) is 78.4 Å². The highest BCUT2D eigenvalue weighted by atomic mass is 19.4. The van der Waals surface area contributed by atoms with Gasteiger partial charge in [-0.25, -0.2) is 4.39 Å². The zero-order valence-electron chi connectivity index (χ0n) is 17.7. The maximum Gasteiger partial charge on any atom is 0.420 e. The van der Waals surface area contributed by atoms with Crippen LogP contribution in [0.25, 0.3) is 0 Å². The molecule has 1 aliphatic heterocycles. The van der Waals surface area contributed by atoms with Crippen LogP contribution in [0.4, 0.5) is 23.4 Å². The van der Waals surface area contributed by atoms with E-state index in [9.17, 15) is 27.2 Å². The first-order valence-corrected chi connectivity index (χ1v) is 10.8. The Morgan fingerprint density at radius 1 is 1.03 bits per heavy atom. The van der Waals surface area contributed by atoms with Gasteiger partial charge in [0.25, 0.3) is 11.8 Å². The lowest BCUT2D eigenvalue weighted by molar-refractivity contribution is -0.140. The monoisotopic (exact) mass is 465 g/mol. The summed E-state index contributed by atoms with van der Waals surface area (Å²) >= 11 is 0. The summed E-state index contributed by atoms with van der Waals surface area (Å²) in [5, 5.41) is 10.9. The van der Waals surface area contributed by atoms with Crippen LogP contribution in [0.3, 0.4) is 0 Å². The van der Waals surface area contributed by atoms with E-state index in [1.54, 1.807) is 12.1 Å². The molecule has 0 bridgehead atoms. The molecule has 0 atom stereocenters. The van der Waals surface area contributed by atoms with Crippen LogP contribution < -0.4 is 10.2 Å². The number of carbonyl (C=O) groups is 2. The Labute approximate surface area is 187 Å². The summed E-state index contributed by atoms with van der Waals surface area (Å²) in [6, 6.07) is 5.98. The normalized spacial score (nSPS) is 16.6. The van der Waals surface area contributed by atoms with E-state index in [0.717, 1.165) is 18.6 Å². The average molecular weight is 465 g/mol. The number of carbonyl (C=O) groups excluding carboxylic acids is 2. The van der Waals surface area contributed by atoms with Crippen LogP contribution in [0, 0.1) is 11.7 Å². The molecular formula is C22H23F4N5O2. The Balaban J connectivity index is 1.35. The lowest BCUT2D eigenvalue weighted by Gasteiger charge is -2.35. The van der Waals surface area contributed by atoms with Crippen LogP contribution in [0.2, 0.25) is 0 Å². The molecule has 33 heavy (non-hydrogen) atoms. The molecule has 176 valence electrons. The first-order valence-electron chi connectivity index (χ1n) is 10.8. The quantitative estimate of drug-likeness (QED) is 0.664. The minimum absolute atomic E-state index is 0.137. The van der Waals surface area contributed by atoms with Crippen LogP contribution in [0.1, 0.15) is 45.7 Å². The molecule has 4 rings (SSSR count). The molecule has 2 aromatic rings. The summed E-state index contributed by atoms with van der Waals surface area (Å²) in [4.78, 5) is 27.9. The van der Waals surface area contributed by atoms with E-state index < -0.39 is 29.0 Å². The van der Waals surface area contributed by atoms with Gasteiger partial charge in [-0.1, -0.05) is 18.9 Å². The van der Waals surface area contributed by atoms with Gasteiger partial charge in [0.1, 0.15) is 11.4 Å². The van der Waals surface area contributed by atoms with Crippen LogP contribution in [-0.2, 0) is 6.18 Å². The third-order valence-corrected chi connectivity index (χ3v) is 5.84. The largest absolute Gasteiger partial charge is 0.420 e. The fourth-order valence-electron chi connectivity index (χ4n) is 3.80. The number of amides is 2. The Hall–Kier alpha value is -3.24. The molecule has 0 spiro atoms. The van der Waals surface area contributed by atoms with E-state index in [-0.39, 0.29) is 24.7 Å². The SMILES string of the molecule is O=C(NCCC1CC1)c1ccc(N2CCN(C(=O)c3cccc(F)c3C(F)(F)F)CC2)nn1. The zero-order valence-corrected chi connectivity index (χ0v) is 17.7. The van der Waals surface area contributed by atoms with Gasteiger partial charge in [-0.05, 0) is 36.6 Å². The standard InChI is InChI=1S/C22H23F4N5O2/c23-16-3-1-2-15(19(16)22(24,25)26)21(33)31-12-10-30(11-13-31)18-7-6-17(28-29-18)20(32)27-9-8-14-4-5-14/h1-3,6-7,14H,4-5,8-13H2,(H,27,32). The number of piperazine rings is 1. The maximum atomic E-state index is 13.8. The number of alkyl halides is 3. The predicted octanol–water partition coefficient (Wildman–Crippen LogP) is 3.13. The highest BCUT2D eigenvalue weighted by molar-refractivity contribution is 5.96. The lowest BCUT2D eigenvalue weighted by Crippen LogP contribution is -2.49. The molecule has 0 radical (unpaired) electrons. The van der Waals surface area contributed by atoms with Crippen LogP contribution in [0.5, 0.6) is 0 Å². The first kappa shape index (κ1) is 22.9. The van der Waals surface area contributed by atoms with E-state index in [4.69, 9.17) is 0 Å². The van der Waals surface area contributed by atoms with Crippen molar-refractivity contribution in [1.82, 2.24) is 20.4 Å². The van der Waals surface area contributed by atoms with Crippen molar-refractivity contribution in [1.29, 1.82) is 0 Å². The second-order valence-corrected chi connectivity index (χ2v) is 8.20. The fourth-order valence-corrected chi connectivity index (χ4v) is 3.80. The van der Waals surface area contributed by atoms with Crippen molar-refractivity contribution in [3.63, 3.8) is 0 Å². The number of halogens is 4. The Morgan fingerprint density at radius 2 is 1.76 bits per heavy atom. The van der Waals surface area contributed by atoms with Crippen LogP contribution in [0.15, 0.2) is 30.3 Å². The molecule has 1 aromatic heterocycles. The second-order valence-electron chi connectivity index (χ2n) is 8.20. The van der Waals surface area contributed by atoms with E-state index in [1.807, 2.05) is 4.90 Å². The van der Waals surface area contributed by atoms with Crippen molar-refractivity contribution < 1.29 is 27.2 Å². The van der Waals surface area contributed by atoms with E-state index in [1.165, 1.54) is 17.7 Å². The molecule has 1 aliphatic carbocycles. The number of benzene rings is 1. The molecule has 7 nitrogen and oxygen atoms in total. The minimum atomic E-state index is -4.97. The lowest BCUT2D eigenvalue weighted by atomic mass is 10.0. The van der Waals surface area contributed by atoms with Crippen molar-refractivity contribution in [3.05, 3.63) is 53.0 Å². The van der Waals surface area contributed by atoms with Crippen molar-refractivity contribution >= 4 is 17.6 Å². The summed E-state index contributed by atoms with van der Waals surface area (Å²) in [6.07, 6.45) is -1.58. The number of hydrogen-bond donors (Lipinski definition) is 1. The van der Waals surface area contributed by atoms with Crippen molar-refractivity contribution in [2.75, 3.05) is 37.6 Å². The molecule has 2 amide bonds. The predicted molar refractivity (Wildman–Crippen MR) is 111 cm³/mol. The molecule has 1 aromatic carbocycles. The Bertz CT molecular complexity index is 1020. The number of hydrogen-bond acceptors (Lipinski definition) is 5. The van der Waals surface area contributed by atoms with E-state index >= 15 is 0 Å². The maximum absolute atomic E-state index is 13.8. The van der Waals surface area contributed by atoms with E-state index in [2.05, 4.69) is 15.5 Å². The molecule has 2 fully saturated rings. The number of nitrogens with zero attached hydrogens (tertiary/aromatic N) is 4. The molecule has 11 heteroatoms. The van der Waals surface area contributed by atoms with Gasteiger partial charge in [0.15, 0.2) is 11.5 Å². The van der Waals surface area contributed by atoms with Crippen molar-refractivity contribution in [2.45, 2.75) is 25.4 Å². The fraction of sp³-hybridized carbons (Fsp3) is 0.455. The summed E-state index contributed by atoms with van der Waals surface area (Å²) in [5.74, 6) is -1.42. The van der Waals surface area contributed by atoms with Crippen LogP contribution >= 0.6 is 0 Å². The van der Waals surface area contributed by atoms with Gasteiger partial charge in [0, 0.05) is 32.7 Å². The molecule has 1 N–H and O–H groups in total. The summed E-state index contributed by atoms with van der Waals surface area (Å²) in [5.41, 5.74) is -2.05. The van der Waals surface area contributed by atoms with Gasteiger partial charge < -0.3 is 15.1 Å². The Morgan fingerprint density at radius 3 is 2.36 bits per heavy atom. The third-order valence-electron chi connectivity index (χ3n) is 5.84. The summed E-state index contributed by atoms with van der Waals surface area (Å²) in [6.45, 7) is 1.49. The Kier molecular flexibility index (Phi) is 6.48. The van der Waals surface area contributed by atoms with Crippen molar-refractivity contribution in [2.24, 2.45) is 5.92 Å². The van der Waals surface area contributed by atoms with Crippen LogP contribution in [-0.4, -0.2) is 59.6 Å². The van der Waals surface area contributed by atoms with Gasteiger partial charge >= 0.3 is 6.18 Å². The highest BCUT2D eigenvalue weighted by Crippen LogP contribution is 2.35. The number of aromatic nitrogens is 2. The van der Waals surface area contributed by atoms with Gasteiger partial charge in [-0.2, -0.15) is 13.2 Å². The molecule has 2 heterocycles. The summed E-state index contributed by atoms with van der Waals surface area (Å²) in [7, 11) is 0. The first-order chi connectivity index (χ1) is 15.7. The number of rotatable bonds is 6. The number of nitrogens with one attached hydrogen (secondary N) is 1. The average Bonchev–Trinajstić information content (AvgIpc) is 3.62. The van der Waals surface area contributed by atoms with E-state index in [0.29, 0.717) is 37.4 Å². The highest BCUT2D eigenvalue weighted by Gasteiger charge is 2.39. The van der Waals surface area contributed by atoms with Gasteiger partial charge in [0.2, 0.25) is 0 Å². The molecule has 0 unspecified atom stereocenters. The molecule has 1 saturated carbocycles. The molecule has 2 aliphatic rings. The number of anilines is 1.